The zero-order valence-corrected chi connectivity index (χ0v) is 19.9. The number of carbonyl (C=O) groups is 1. The molecule has 1 fully saturated rings. The number of anilines is 1. The van der Waals surface area contributed by atoms with Crippen LogP contribution in [0.25, 0.3) is 0 Å². The second-order valence-corrected chi connectivity index (χ2v) is 10.8. The second kappa shape index (κ2) is 9.79. The molecule has 1 amide bonds. The van der Waals surface area contributed by atoms with Gasteiger partial charge in [-0.05, 0) is 46.6 Å². The van der Waals surface area contributed by atoms with Gasteiger partial charge in [-0.1, -0.05) is 0 Å². The molecule has 0 bridgehead atoms. The molecule has 2 unspecified atom stereocenters. The number of pyridine rings is 1. The monoisotopic (exact) mass is 541 g/mol. The Morgan fingerprint density at radius 2 is 1.72 bits per heavy atom. The predicted molar refractivity (Wildman–Crippen MR) is 119 cm³/mol. The first kappa shape index (κ1) is 27.6. The molecule has 1 aromatic heterocycles. The molecule has 36 heavy (non-hydrogen) atoms. The highest BCUT2D eigenvalue weighted by Gasteiger charge is 2.39. The highest BCUT2D eigenvalue weighted by Crippen LogP contribution is 2.32. The van der Waals surface area contributed by atoms with Crippen molar-refractivity contribution in [2.75, 3.05) is 37.3 Å². The summed E-state index contributed by atoms with van der Waals surface area (Å²) in [5, 5.41) is 0. The van der Waals surface area contributed by atoms with Crippen LogP contribution in [0.5, 0.6) is 5.75 Å². The van der Waals surface area contributed by atoms with Crippen molar-refractivity contribution in [3.63, 3.8) is 0 Å². The molecule has 3 rings (SSSR count). The molecule has 0 N–H and O–H groups in total. The number of hydrogen-bond acceptors (Lipinski definition) is 5. The van der Waals surface area contributed by atoms with E-state index in [9.17, 15) is 39.7 Å². The van der Waals surface area contributed by atoms with Crippen LogP contribution in [0.3, 0.4) is 0 Å². The van der Waals surface area contributed by atoms with Crippen molar-refractivity contribution in [3.8, 4) is 5.75 Å². The van der Waals surface area contributed by atoms with Gasteiger partial charge in [0, 0.05) is 43.5 Å². The lowest BCUT2D eigenvalue weighted by Crippen LogP contribution is -2.49. The number of nitrogens with zero attached hydrogens (tertiary/aromatic N) is 3. The highest BCUT2D eigenvalue weighted by atomic mass is 32.2. The van der Waals surface area contributed by atoms with Gasteiger partial charge in [-0.3, -0.25) is 9.00 Å². The van der Waals surface area contributed by atoms with Crippen LogP contribution in [-0.2, 0) is 15.7 Å². The SMILES string of the molecule is C=S(C)(=O)c1ccc(OC(C)C(F)(F)F)c(C(=O)N2CCN(c3ncc(C(F)(F)F)cc3F)CC2)c1. The molecule has 2 atom stereocenters. The fourth-order valence-electron chi connectivity index (χ4n) is 3.41. The van der Waals surface area contributed by atoms with E-state index >= 15 is 0 Å². The molecular formula is C22H22F7N3O3S. The maximum atomic E-state index is 14.3. The maximum Gasteiger partial charge on any atom is 0.425 e. The summed E-state index contributed by atoms with van der Waals surface area (Å²) in [4.78, 5) is 19.5. The van der Waals surface area contributed by atoms with E-state index in [1.807, 2.05) is 0 Å². The van der Waals surface area contributed by atoms with E-state index in [4.69, 9.17) is 4.74 Å². The molecule has 0 spiro atoms. The molecule has 0 aliphatic carbocycles. The van der Waals surface area contributed by atoms with Crippen molar-refractivity contribution in [3.05, 3.63) is 47.4 Å². The second-order valence-electron chi connectivity index (χ2n) is 8.27. The minimum absolute atomic E-state index is 0.00425. The Labute approximate surface area is 202 Å². The number of benzene rings is 1. The van der Waals surface area contributed by atoms with Crippen LogP contribution in [-0.4, -0.2) is 70.6 Å². The Balaban J connectivity index is 1.82. The Kier molecular flexibility index (Phi) is 7.49. The molecule has 2 heterocycles. The summed E-state index contributed by atoms with van der Waals surface area (Å²) >= 11 is 0. The first-order valence-electron chi connectivity index (χ1n) is 10.4. The molecule has 0 radical (unpaired) electrons. The van der Waals surface area contributed by atoms with Crippen molar-refractivity contribution >= 4 is 27.1 Å². The quantitative estimate of drug-likeness (QED) is 0.419. The van der Waals surface area contributed by atoms with E-state index in [2.05, 4.69) is 10.9 Å². The van der Waals surface area contributed by atoms with Gasteiger partial charge < -0.3 is 14.5 Å². The first-order chi connectivity index (χ1) is 16.5. The third kappa shape index (κ3) is 6.20. The topological polar surface area (TPSA) is 62.7 Å². The number of hydrogen-bond donors (Lipinski definition) is 0. The molecule has 1 aliphatic heterocycles. The Hall–Kier alpha value is -3.03. The number of alkyl halides is 6. The lowest BCUT2D eigenvalue weighted by molar-refractivity contribution is -0.189. The average molecular weight is 541 g/mol. The van der Waals surface area contributed by atoms with Crippen LogP contribution in [0.2, 0.25) is 0 Å². The number of amides is 1. The normalized spacial score (nSPS) is 17.5. The van der Waals surface area contributed by atoms with Crippen LogP contribution in [0.4, 0.5) is 36.6 Å². The minimum Gasteiger partial charge on any atom is -0.480 e. The lowest BCUT2D eigenvalue weighted by atomic mass is 10.1. The summed E-state index contributed by atoms with van der Waals surface area (Å²) in [5.74, 6) is 0.941. The van der Waals surface area contributed by atoms with Crippen molar-refractivity contribution in [2.24, 2.45) is 0 Å². The van der Waals surface area contributed by atoms with Crippen molar-refractivity contribution in [2.45, 2.75) is 30.3 Å². The average Bonchev–Trinajstić information content (AvgIpc) is 2.77. The van der Waals surface area contributed by atoms with Crippen LogP contribution >= 0.6 is 0 Å². The van der Waals surface area contributed by atoms with E-state index < -0.39 is 45.3 Å². The molecular weight excluding hydrogens is 519 g/mol. The number of carbonyl (C=O) groups excluding carboxylic acids is 1. The van der Waals surface area contributed by atoms with Crippen LogP contribution in [0, 0.1) is 5.82 Å². The Morgan fingerprint density at radius 1 is 1.11 bits per heavy atom. The van der Waals surface area contributed by atoms with Gasteiger partial charge >= 0.3 is 12.4 Å². The first-order valence-corrected chi connectivity index (χ1v) is 12.6. The zero-order valence-electron chi connectivity index (χ0n) is 19.1. The summed E-state index contributed by atoms with van der Waals surface area (Å²) < 4.78 is 109. The summed E-state index contributed by atoms with van der Waals surface area (Å²) in [5.41, 5.74) is -1.50. The molecule has 1 aromatic carbocycles. The maximum absolute atomic E-state index is 14.3. The molecule has 1 saturated heterocycles. The van der Waals surface area contributed by atoms with Crippen LogP contribution in [0.15, 0.2) is 35.4 Å². The van der Waals surface area contributed by atoms with Crippen molar-refractivity contribution < 1.29 is 44.5 Å². The number of piperazine rings is 1. The number of aromatic nitrogens is 1. The van der Waals surface area contributed by atoms with Crippen LogP contribution in [0.1, 0.15) is 22.8 Å². The van der Waals surface area contributed by atoms with Crippen molar-refractivity contribution in [1.29, 1.82) is 0 Å². The summed E-state index contributed by atoms with van der Waals surface area (Å²) in [6.45, 7) is 0.693. The lowest BCUT2D eigenvalue weighted by Gasteiger charge is -2.36. The van der Waals surface area contributed by atoms with E-state index in [1.165, 1.54) is 28.2 Å². The van der Waals surface area contributed by atoms with Gasteiger partial charge in [-0.15, -0.1) is 0 Å². The fourth-order valence-corrected chi connectivity index (χ4v) is 4.14. The largest absolute Gasteiger partial charge is 0.480 e. The number of ether oxygens (including phenoxy) is 1. The van der Waals surface area contributed by atoms with Crippen LogP contribution < -0.4 is 9.64 Å². The van der Waals surface area contributed by atoms with Gasteiger partial charge in [-0.25, -0.2) is 9.37 Å². The molecule has 2 aromatic rings. The third-order valence-corrected chi connectivity index (χ3v) is 6.71. The molecule has 6 nitrogen and oxygen atoms in total. The van der Waals surface area contributed by atoms with Gasteiger partial charge in [0.1, 0.15) is 5.75 Å². The molecule has 198 valence electrons. The molecule has 1 aliphatic rings. The fraction of sp³-hybridized carbons (Fsp3) is 0.409. The van der Waals surface area contributed by atoms with Gasteiger partial charge in [0.25, 0.3) is 5.91 Å². The van der Waals surface area contributed by atoms with Gasteiger partial charge in [0.2, 0.25) is 0 Å². The Morgan fingerprint density at radius 3 is 2.22 bits per heavy atom. The minimum atomic E-state index is -4.76. The van der Waals surface area contributed by atoms with E-state index in [0.29, 0.717) is 12.3 Å². The zero-order chi connectivity index (χ0) is 27.1. The summed E-state index contributed by atoms with van der Waals surface area (Å²) in [6.07, 6.45) is -9.88. The van der Waals surface area contributed by atoms with E-state index in [0.717, 1.165) is 13.0 Å². The highest BCUT2D eigenvalue weighted by molar-refractivity contribution is 7.99. The van der Waals surface area contributed by atoms with Crippen molar-refractivity contribution in [1.82, 2.24) is 9.88 Å². The standard InChI is InChI=1S/C22H22F7N3O3S/c1-13(21(24,25)26)35-18-5-4-15(36(2,3)34)11-16(18)20(33)32-8-6-31(7-9-32)19-17(23)10-14(12-30-19)22(27,28)29/h4-5,10-13H,2,6-9H2,1,3H3. The molecule has 0 saturated carbocycles. The number of halogens is 7. The number of rotatable bonds is 5. The van der Waals surface area contributed by atoms with Gasteiger partial charge in [0.05, 0.1) is 11.1 Å². The van der Waals surface area contributed by atoms with E-state index in [-0.39, 0.29) is 48.2 Å². The molecule has 14 heteroatoms. The summed E-state index contributed by atoms with van der Waals surface area (Å²) in [7, 11) is -2.81. The smallest absolute Gasteiger partial charge is 0.425 e. The predicted octanol–water partition coefficient (Wildman–Crippen LogP) is 4.24. The van der Waals surface area contributed by atoms with Gasteiger partial charge in [0.15, 0.2) is 17.7 Å². The third-order valence-electron chi connectivity index (χ3n) is 5.46. The Bertz CT molecular complexity index is 1240. The summed E-state index contributed by atoms with van der Waals surface area (Å²) in [6, 6.07) is 3.88. The van der Waals surface area contributed by atoms with Gasteiger partial charge in [-0.2, -0.15) is 26.3 Å². The van der Waals surface area contributed by atoms with E-state index in [1.54, 1.807) is 0 Å².